The van der Waals surface area contributed by atoms with Crippen LogP contribution in [-0.4, -0.2) is 16.7 Å². The first-order valence-corrected chi connectivity index (χ1v) is 8.26. The zero-order chi connectivity index (χ0) is 16.1. The molecule has 1 aromatic carbocycles. The Morgan fingerprint density at radius 1 is 1.41 bits per heavy atom. The second-order valence-electron chi connectivity index (χ2n) is 4.48. The molecular weight excluding hydrogens is 367 g/mol. The maximum absolute atomic E-state index is 13.0. The van der Waals surface area contributed by atoms with Crippen LogP contribution in [0.25, 0.3) is 11.3 Å². The first-order valence-electron chi connectivity index (χ1n) is 6.58. The number of benzene rings is 1. The van der Waals surface area contributed by atoms with Gasteiger partial charge in [-0.25, -0.2) is 9.37 Å². The molecule has 1 heterocycles. The molecular formula is C15H16BrFN4S. The van der Waals surface area contributed by atoms with E-state index in [0.717, 1.165) is 26.8 Å². The molecule has 0 spiro atoms. The fourth-order valence-electron chi connectivity index (χ4n) is 1.74. The number of nitrogens with one attached hydrogen (secondary N) is 1. The Labute approximate surface area is 141 Å². The Bertz CT molecular complexity index is 690. The molecule has 0 saturated carbocycles. The molecule has 4 nitrogen and oxygen atoms in total. The molecule has 0 bridgehead atoms. The van der Waals surface area contributed by atoms with Crippen molar-refractivity contribution in [3.05, 3.63) is 47.4 Å². The molecule has 2 rings (SSSR count). The van der Waals surface area contributed by atoms with Crippen molar-refractivity contribution in [2.24, 2.45) is 5.10 Å². The third kappa shape index (κ3) is 4.14. The Morgan fingerprint density at radius 3 is 2.68 bits per heavy atom. The summed E-state index contributed by atoms with van der Waals surface area (Å²) in [7, 11) is 1.91. The van der Waals surface area contributed by atoms with Gasteiger partial charge >= 0.3 is 0 Å². The smallest absolute Gasteiger partial charge is 0.191 e. The SMILES string of the molecule is C/C=C(/N/N=C(\C)Br)N(C)c1nc(-c2ccc(F)cc2)cs1. The Morgan fingerprint density at radius 2 is 2.09 bits per heavy atom. The van der Waals surface area contributed by atoms with E-state index >= 15 is 0 Å². The van der Waals surface area contributed by atoms with Gasteiger partial charge < -0.3 is 4.90 Å². The summed E-state index contributed by atoms with van der Waals surface area (Å²) in [6.07, 6.45) is 1.92. The van der Waals surface area contributed by atoms with Gasteiger partial charge in [0.15, 0.2) is 5.13 Å². The van der Waals surface area contributed by atoms with E-state index in [4.69, 9.17) is 0 Å². The van der Waals surface area contributed by atoms with E-state index < -0.39 is 0 Å². The van der Waals surface area contributed by atoms with Gasteiger partial charge in [-0.15, -0.1) is 11.3 Å². The highest BCUT2D eigenvalue weighted by Gasteiger charge is 2.11. The molecule has 22 heavy (non-hydrogen) atoms. The molecule has 0 atom stereocenters. The number of hydrazone groups is 1. The molecule has 2 aromatic rings. The van der Waals surface area contributed by atoms with E-state index in [2.05, 4.69) is 31.4 Å². The first kappa shape index (κ1) is 16.6. The number of aromatic nitrogens is 1. The lowest BCUT2D eigenvalue weighted by atomic mass is 10.2. The minimum absolute atomic E-state index is 0.250. The summed E-state index contributed by atoms with van der Waals surface area (Å²) in [5, 5.41) is 6.90. The van der Waals surface area contributed by atoms with Crippen LogP contribution < -0.4 is 10.3 Å². The van der Waals surface area contributed by atoms with E-state index in [1.807, 2.05) is 37.3 Å². The van der Waals surface area contributed by atoms with Crippen molar-refractivity contribution in [3.63, 3.8) is 0 Å². The van der Waals surface area contributed by atoms with Crippen LogP contribution in [0.5, 0.6) is 0 Å². The Hall–Kier alpha value is -1.73. The van der Waals surface area contributed by atoms with Crippen molar-refractivity contribution in [2.75, 3.05) is 11.9 Å². The van der Waals surface area contributed by atoms with Crippen LogP contribution in [0.15, 0.2) is 46.6 Å². The molecule has 0 radical (unpaired) electrons. The number of anilines is 1. The fraction of sp³-hybridized carbons (Fsp3) is 0.200. The first-order chi connectivity index (χ1) is 10.5. The summed E-state index contributed by atoms with van der Waals surface area (Å²) in [5.74, 6) is 0.568. The van der Waals surface area contributed by atoms with Crippen molar-refractivity contribution >= 4 is 37.0 Å². The number of hydrogen-bond acceptors (Lipinski definition) is 5. The summed E-state index contributed by atoms with van der Waals surface area (Å²) >= 11 is 4.79. The van der Waals surface area contributed by atoms with Crippen molar-refractivity contribution in [1.82, 2.24) is 10.4 Å². The van der Waals surface area contributed by atoms with Gasteiger partial charge in [0.2, 0.25) is 0 Å². The highest BCUT2D eigenvalue weighted by atomic mass is 79.9. The van der Waals surface area contributed by atoms with Crippen LogP contribution in [0.4, 0.5) is 9.52 Å². The predicted octanol–water partition coefficient (Wildman–Crippen LogP) is 4.56. The minimum Gasteiger partial charge on any atom is -0.306 e. The highest BCUT2D eigenvalue weighted by Crippen LogP contribution is 2.28. The van der Waals surface area contributed by atoms with Crippen molar-refractivity contribution < 1.29 is 4.39 Å². The Balaban J connectivity index is 2.19. The number of allylic oxidation sites excluding steroid dienone is 1. The van der Waals surface area contributed by atoms with Gasteiger partial charge in [-0.05, 0) is 60.1 Å². The lowest BCUT2D eigenvalue weighted by Crippen LogP contribution is -2.25. The van der Waals surface area contributed by atoms with Crippen molar-refractivity contribution in [2.45, 2.75) is 13.8 Å². The molecule has 0 amide bonds. The average Bonchev–Trinajstić information content (AvgIpc) is 2.98. The summed E-state index contributed by atoms with van der Waals surface area (Å²) in [5.41, 5.74) is 4.68. The summed E-state index contributed by atoms with van der Waals surface area (Å²) in [6.45, 7) is 3.77. The molecule has 1 aromatic heterocycles. The molecule has 0 aliphatic heterocycles. The zero-order valence-corrected chi connectivity index (χ0v) is 14.9. The molecule has 7 heteroatoms. The van der Waals surface area contributed by atoms with Gasteiger partial charge in [0, 0.05) is 18.0 Å². The number of halogens is 2. The molecule has 0 unspecified atom stereocenters. The summed E-state index contributed by atoms with van der Waals surface area (Å²) < 4.78 is 13.7. The lowest BCUT2D eigenvalue weighted by molar-refractivity contribution is 0.628. The average molecular weight is 383 g/mol. The quantitative estimate of drug-likeness (QED) is 0.608. The second-order valence-corrected chi connectivity index (χ2v) is 6.46. The maximum atomic E-state index is 13.0. The molecule has 1 N–H and O–H groups in total. The fourth-order valence-corrected chi connectivity index (χ4v) is 2.64. The van der Waals surface area contributed by atoms with Crippen LogP contribution in [0.1, 0.15) is 13.8 Å². The molecule has 0 aliphatic rings. The maximum Gasteiger partial charge on any atom is 0.191 e. The third-order valence-corrected chi connectivity index (χ3v) is 3.97. The predicted molar refractivity (Wildman–Crippen MR) is 94.8 cm³/mol. The minimum atomic E-state index is -0.250. The van der Waals surface area contributed by atoms with Crippen LogP contribution >= 0.6 is 27.3 Å². The zero-order valence-electron chi connectivity index (χ0n) is 12.5. The van der Waals surface area contributed by atoms with Gasteiger partial charge in [0.25, 0.3) is 0 Å². The normalized spacial score (nSPS) is 12.4. The lowest BCUT2D eigenvalue weighted by Gasteiger charge is -2.18. The van der Waals surface area contributed by atoms with E-state index in [0.29, 0.717) is 0 Å². The van der Waals surface area contributed by atoms with Gasteiger partial charge in [0.1, 0.15) is 16.3 Å². The molecule has 0 saturated heterocycles. The van der Waals surface area contributed by atoms with Crippen LogP contribution in [0.3, 0.4) is 0 Å². The van der Waals surface area contributed by atoms with E-state index in [1.165, 1.54) is 23.5 Å². The summed E-state index contributed by atoms with van der Waals surface area (Å²) in [6, 6.07) is 6.32. The topological polar surface area (TPSA) is 40.5 Å². The Kier molecular flexibility index (Phi) is 5.68. The summed E-state index contributed by atoms with van der Waals surface area (Å²) in [4.78, 5) is 6.50. The molecule has 0 fully saturated rings. The van der Waals surface area contributed by atoms with E-state index in [9.17, 15) is 4.39 Å². The number of hydrogen-bond donors (Lipinski definition) is 1. The van der Waals surface area contributed by atoms with Gasteiger partial charge in [-0.3, -0.25) is 5.43 Å². The largest absolute Gasteiger partial charge is 0.306 e. The monoisotopic (exact) mass is 382 g/mol. The van der Waals surface area contributed by atoms with Crippen LogP contribution in [0, 0.1) is 5.82 Å². The van der Waals surface area contributed by atoms with Gasteiger partial charge in [0.05, 0.1) is 5.69 Å². The van der Waals surface area contributed by atoms with Gasteiger partial charge in [-0.1, -0.05) is 0 Å². The van der Waals surface area contributed by atoms with Crippen molar-refractivity contribution in [1.29, 1.82) is 0 Å². The third-order valence-electron chi connectivity index (χ3n) is 2.88. The number of thiazole rings is 1. The standard InChI is InChI=1S/C15H16BrFN4S/c1-4-14(20-19-10(2)16)21(3)15-18-13(9-22-15)11-5-7-12(17)8-6-11/h4-9,20H,1-3H3/b14-4-,19-10+. The van der Waals surface area contributed by atoms with Gasteiger partial charge in [-0.2, -0.15) is 5.10 Å². The van der Waals surface area contributed by atoms with E-state index in [-0.39, 0.29) is 5.82 Å². The van der Waals surface area contributed by atoms with E-state index in [1.54, 1.807) is 12.1 Å². The number of nitrogens with zero attached hydrogens (tertiary/aromatic N) is 3. The van der Waals surface area contributed by atoms with Crippen LogP contribution in [0.2, 0.25) is 0 Å². The highest BCUT2D eigenvalue weighted by molar-refractivity contribution is 9.18. The molecule has 116 valence electrons. The van der Waals surface area contributed by atoms with Crippen LogP contribution in [-0.2, 0) is 0 Å². The molecule has 0 aliphatic carbocycles. The number of rotatable bonds is 5. The van der Waals surface area contributed by atoms with Crippen molar-refractivity contribution in [3.8, 4) is 11.3 Å². The second kappa shape index (κ2) is 7.51.